The van der Waals surface area contributed by atoms with Gasteiger partial charge in [0.25, 0.3) is 0 Å². The lowest BCUT2D eigenvalue weighted by atomic mass is 9.68. The van der Waals surface area contributed by atoms with Crippen molar-refractivity contribution in [2.45, 2.75) is 56.7 Å². The predicted molar refractivity (Wildman–Crippen MR) is 58.1 cm³/mol. The zero-order chi connectivity index (χ0) is 10.2. The highest BCUT2D eigenvalue weighted by Crippen LogP contribution is 2.39. The van der Waals surface area contributed by atoms with E-state index in [1.165, 1.54) is 19.3 Å². The van der Waals surface area contributed by atoms with Crippen molar-refractivity contribution in [1.29, 1.82) is 0 Å². The van der Waals surface area contributed by atoms with Gasteiger partial charge in [0.1, 0.15) is 0 Å². The monoisotopic (exact) mass is 195 g/mol. The summed E-state index contributed by atoms with van der Waals surface area (Å²) >= 11 is 0. The van der Waals surface area contributed by atoms with Crippen LogP contribution in [0.3, 0.4) is 0 Å². The van der Waals surface area contributed by atoms with E-state index < -0.39 is 5.60 Å². The van der Waals surface area contributed by atoms with Gasteiger partial charge in [-0.05, 0) is 26.2 Å². The van der Waals surface area contributed by atoms with Crippen LogP contribution < -0.4 is 5.32 Å². The van der Waals surface area contributed by atoms with Crippen LogP contribution in [-0.2, 0) is 0 Å². The second-order valence-electron chi connectivity index (χ2n) is 4.96. The maximum Gasteiger partial charge on any atom is 0.0882 e. The van der Waals surface area contributed by atoms with Crippen molar-refractivity contribution in [3.8, 4) is 0 Å². The molecule has 2 aliphatic rings. The van der Waals surface area contributed by atoms with E-state index >= 15 is 0 Å². The fourth-order valence-corrected chi connectivity index (χ4v) is 3.23. The zero-order valence-corrected chi connectivity index (χ0v) is 9.00. The van der Waals surface area contributed by atoms with E-state index in [1.807, 2.05) is 0 Å². The summed E-state index contributed by atoms with van der Waals surface area (Å²) in [6.07, 6.45) is 7.50. The maximum absolute atomic E-state index is 10.5. The molecule has 1 aliphatic heterocycles. The predicted octanol–water partition coefficient (Wildman–Crippen LogP) is 1.84. The first-order valence-corrected chi connectivity index (χ1v) is 5.78. The van der Waals surface area contributed by atoms with E-state index in [1.54, 1.807) is 6.08 Å². The normalized spacial score (nSPS) is 48.3. The minimum absolute atomic E-state index is 0.393. The van der Waals surface area contributed by atoms with Crippen molar-refractivity contribution in [1.82, 2.24) is 5.32 Å². The van der Waals surface area contributed by atoms with E-state index in [-0.39, 0.29) is 0 Å². The molecule has 1 saturated heterocycles. The van der Waals surface area contributed by atoms with Crippen molar-refractivity contribution >= 4 is 0 Å². The summed E-state index contributed by atoms with van der Waals surface area (Å²) in [6.45, 7) is 5.96. The first kappa shape index (κ1) is 10.2. The van der Waals surface area contributed by atoms with Crippen LogP contribution in [0.5, 0.6) is 0 Å². The summed E-state index contributed by atoms with van der Waals surface area (Å²) < 4.78 is 0. The van der Waals surface area contributed by atoms with Gasteiger partial charge in [0.2, 0.25) is 0 Å². The van der Waals surface area contributed by atoms with E-state index in [4.69, 9.17) is 0 Å². The molecule has 0 amide bonds. The Morgan fingerprint density at radius 1 is 1.43 bits per heavy atom. The fraction of sp³-hybridized carbons (Fsp3) is 0.833. The Balaban J connectivity index is 2.19. The van der Waals surface area contributed by atoms with Gasteiger partial charge in [0.05, 0.1) is 5.60 Å². The number of piperidine rings is 1. The molecular formula is C12H21NO. The van der Waals surface area contributed by atoms with Crippen LogP contribution in [0.2, 0.25) is 0 Å². The summed E-state index contributed by atoms with van der Waals surface area (Å²) in [6, 6.07) is 0.924. The standard InChI is InChI=1S/C12H21NO/c1-3-12(14)8-9(2)13-11-7-5-4-6-10(11)12/h3,9-11,13-14H,1,4-8H2,2H3. The number of fused-ring (bicyclic) bond motifs is 1. The van der Waals surface area contributed by atoms with E-state index in [9.17, 15) is 5.11 Å². The lowest BCUT2D eigenvalue weighted by Crippen LogP contribution is -2.59. The topological polar surface area (TPSA) is 32.3 Å². The molecule has 1 heterocycles. The molecule has 0 aromatic heterocycles. The average molecular weight is 195 g/mol. The van der Waals surface area contributed by atoms with Crippen LogP contribution in [0, 0.1) is 5.92 Å². The van der Waals surface area contributed by atoms with Crippen molar-refractivity contribution < 1.29 is 5.11 Å². The third kappa shape index (κ3) is 1.61. The molecule has 4 atom stereocenters. The third-order valence-electron chi connectivity index (χ3n) is 3.89. The molecular weight excluding hydrogens is 174 g/mol. The van der Waals surface area contributed by atoms with E-state index in [0.29, 0.717) is 18.0 Å². The van der Waals surface area contributed by atoms with Crippen molar-refractivity contribution in [3.05, 3.63) is 12.7 Å². The van der Waals surface area contributed by atoms with Gasteiger partial charge in [-0.2, -0.15) is 0 Å². The molecule has 4 unspecified atom stereocenters. The molecule has 1 aliphatic carbocycles. The Kier molecular flexibility index (Phi) is 2.67. The molecule has 2 heteroatoms. The summed E-state index contributed by atoms with van der Waals surface area (Å²) in [5.41, 5.74) is -0.615. The molecule has 2 N–H and O–H groups in total. The quantitative estimate of drug-likeness (QED) is 0.626. The Bertz CT molecular complexity index is 228. The highest BCUT2D eigenvalue weighted by molar-refractivity contribution is 5.09. The summed E-state index contributed by atoms with van der Waals surface area (Å²) in [5, 5.41) is 14.1. The molecule has 2 rings (SSSR count). The second kappa shape index (κ2) is 3.67. The van der Waals surface area contributed by atoms with Crippen LogP contribution >= 0.6 is 0 Å². The SMILES string of the molecule is C=CC1(O)CC(C)NC2CCCCC21. The molecule has 0 aromatic rings. The maximum atomic E-state index is 10.5. The molecule has 2 nitrogen and oxygen atoms in total. The number of nitrogens with one attached hydrogen (secondary N) is 1. The lowest BCUT2D eigenvalue weighted by molar-refractivity contribution is -0.0459. The van der Waals surface area contributed by atoms with E-state index in [2.05, 4.69) is 18.8 Å². The zero-order valence-electron chi connectivity index (χ0n) is 9.00. The molecule has 0 spiro atoms. The van der Waals surface area contributed by atoms with Gasteiger partial charge in [0, 0.05) is 18.0 Å². The third-order valence-corrected chi connectivity index (χ3v) is 3.89. The van der Waals surface area contributed by atoms with Crippen LogP contribution in [0.25, 0.3) is 0 Å². The number of aliphatic hydroxyl groups is 1. The molecule has 0 aromatic carbocycles. The van der Waals surface area contributed by atoms with Crippen molar-refractivity contribution in [2.24, 2.45) is 5.92 Å². The van der Waals surface area contributed by atoms with Crippen LogP contribution in [0.15, 0.2) is 12.7 Å². The van der Waals surface area contributed by atoms with Gasteiger partial charge < -0.3 is 10.4 Å². The minimum Gasteiger partial charge on any atom is -0.385 e. The average Bonchev–Trinajstić information content (AvgIpc) is 2.17. The summed E-state index contributed by atoms with van der Waals surface area (Å²) in [5.74, 6) is 0.393. The number of rotatable bonds is 1. The van der Waals surface area contributed by atoms with Gasteiger partial charge in [-0.1, -0.05) is 18.9 Å². The highest BCUT2D eigenvalue weighted by atomic mass is 16.3. The molecule has 14 heavy (non-hydrogen) atoms. The Morgan fingerprint density at radius 3 is 2.86 bits per heavy atom. The largest absolute Gasteiger partial charge is 0.385 e. The van der Waals surface area contributed by atoms with Crippen molar-refractivity contribution in [2.75, 3.05) is 0 Å². The second-order valence-corrected chi connectivity index (χ2v) is 4.96. The summed E-state index contributed by atoms with van der Waals surface area (Å²) in [4.78, 5) is 0. The molecule has 2 fully saturated rings. The highest BCUT2D eigenvalue weighted by Gasteiger charge is 2.45. The Labute approximate surface area is 86.4 Å². The summed E-state index contributed by atoms with van der Waals surface area (Å²) in [7, 11) is 0. The number of hydrogen-bond donors (Lipinski definition) is 2. The molecule has 0 bridgehead atoms. The lowest BCUT2D eigenvalue weighted by Gasteiger charge is -2.48. The van der Waals surface area contributed by atoms with Crippen LogP contribution in [0.4, 0.5) is 0 Å². The van der Waals surface area contributed by atoms with Gasteiger partial charge in [-0.15, -0.1) is 6.58 Å². The molecule has 80 valence electrons. The fourth-order valence-electron chi connectivity index (χ4n) is 3.23. The number of hydrogen-bond acceptors (Lipinski definition) is 2. The van der Waals surface area contributed by atoms with Gasteiger partial charge in [-0.3, -0.25) is 0 Å². The van der Waals surface area contributed by atoms with Gasteiger partial charge >= 0.3 is 0 Å². The van der Waals surface area contributed by atoms with Crippen LogP contribution in [0.1, 0.15) is 39.0 Å². The first-order chi connectivity index (χ1) is 6.65. The molecule has 0 radical (unpaired) electrons. The Morgan fingerprint density at radius 2 is 2.14 bits per heavy atom. The minimum atomic E-state index is -0.615. The van der Waals surface area contributed by atoms with Gasteiger partial charge in [0.15, 0.2) is 0 Å². The van der Waals surface area contributed by atoms with E-state index in [0.717, 1.165) is 12.8 Å². The smallest absolute Gasteiger partial charge is 0.0882 e. The van der Waals surface area contributed by atoms with Gasteiger partial charge in [-0.25, -0.2) is 0 Å². The first-order valence-electron chi connectivity index (χ1n) is 5.78. The van der Waals surface area contributed by atoms with Crippen molar-refractivity contribution in [3.63, 3.8) is 0 Å². The Hall–Kier alpha value is -0.340. The molecule has 1 saturated carbocycles. The van der Waals surface area contributed by atoms with Crippen LogP contribution in [-0.4, -0.2) is 22.8 Å².